The van der Waals surface area contributed by atoms with Crippen molar-refractivity contribution in [3.05, 3.63) is 59.9 Å². The smallest absolute Gasteiger partial charge is 0.218 e. The van der Waals surface area contributed by atoms with Gasteiger partial charge >= 0.3 is 0 Å². The van der Waals surface area contributed by atoms with Crippen LogP contribution in [0.3, 0.4) is 0 Å². The van der Waals surface area contributed by atoms with Crippen molar-refractivity contribution in [1.82, 2.24) is 9.71 Å². The molecule has 1 aromatic heterocycles. The van der Waals surface area contributed by atoms with Crippen LogP contribution in [0.4, 0.5) is 0 Å². The van der Waals surface area contributed by atoms with Gasteiger partial charge in [-0.2, -0.15) is 0 Å². The zero-order valence-electron chi connectivity index (χ0n) is 16.0. The second-order valence-corrected chi connectivity index (χ2v) is 13.5. The van der Waals surface area contributed by atoms with Crippen molar-refractivity contribution in [2.24, 2.45) is 0 Å². The number of hydrogen-bond donors (Lipinski definition) is 2. The van der Waals surface area contributed by atoms with E-state index >= 15 is 0 Å². The molecule has 0 spiro atoms. The summed E-state index contributed by atoms with van der Waals surface area (Å²) in [7, 11) is -12.0. The molecule has 12 heteroatoms. The highest BCUT2D eigenvalue weighted by atomic mass is 32.2. The Morgan fingerprint density at radius 2 is 1.80 bits per heavy atom. The molecule has 1 aliphatic heterocycles. The molecular formula is C18H22N2O7S3. The minimum Gasteiger partial charge on any atom is -0.391 e. The average Bonchev–Trinajstić information content (AvgIpc) is 2.96. The molecule has 3 atom stereocenters. The number of hydrogen-bond acceptors (Lipinski definition) is 8. The van der Waals surface area contributed by atoms with Crippen molar-refractivity contribution in [2.75, 3.05) is 18.1 Å². The van der Waals surface area contributed by atoms with Crippen LogP contribution in [-0.4, -0.2) is 64.7 Å². The molecule has 1 aliphatic rings. The number of rotatable bonds is 7. The highest BCUT2D eigenvalue weighted by molar-refractivity contribution is 7.95. The lowest BCUT2D eigenvalue weighted by Gasteiger charge is -2.21. The maximum absolute atomic E-state index is 13.2. The Bertz CT molecular complexity index is 1210. The number of pyridine rings is 1. The molecule has 1 fully saturated rings. The Kier molecular flexibility index (Phi) is 6.35. The van der Waals surface area contributed by atoms with Crippen LogP contribution >= 0.6 is 0 Å². The van der Waals surface area contributed by atoms with Gasteiger partial charge in [0.05, 0.1) is 22.5 Å². The van der Waals surface area contributed by atoms with Gasteiger partial charge in [0, 0.05) is 18.9 Å². The largest absolute Gasteiger partial charge is 0.391 e. The van der Waals surface area contributed by atoms with Gasteiger partial charge in [0.15, 0.2) is 19.7 Å². The van der Waals surface area contributed by atoms with Crippen molar-refractivity contribution in [3.63, 3.8) is 0 Å². The Hall–Kier alpha value is -1.86. The zero-order chi connectivity index (χ0) is 22.2. The fourth-order valence-corrected chi connectivity index (χ4v) is 9.20. The third-order valence-corrected chi connectivity index (χ3v) is 10.8. The Morgan fingerprint density at radius 3 is 2.33 bits per heavy atom. The molecule has 2 heterocycles. The van der Waals surface area contributed by atoms with E-state index in [9.17, 15) is 30.4 Å². The van der Waals surface area contributed by atoms with E-state index in [2.05, 4.69) is 9.71 Å². The number of benzene rings is 1. The number of sulfonamides is 1. The maximum atomic E-state index is 13.2. The summed E-state index contributed by atoms with van der Waals surface area (Å²) in [5, 5.41) is 7.03. The highest BCUT2D eigenvalue weighted by Crippen LogP contribution is 2.29. The molecule has 1 saturated heterocycles. The lowest BCUT2D eigenvalue weighted by Crippen LogP contribution is -2.43. The topological polar surface area (TPSA) is 148 Å². The number of aryl methyl sites for hydroxylation is 1. The monoisotopic (exact) mass is 474 g/mol. The van der Waals surface area contributed by atoms with Gasteiger partial charge in [-0.05, 0) is 30.7 Å². The van der Waals surface area contributed by atoms with Crippen molar-refractivity contribution >= 4 is 29.7 Å². The van der Waals surface area contributed by atoms with Gasteiger partial charge in [0.1, 0.15) is 10.5 Å². The minimum atomic E-state index is -4.30. The second kappa shape index (κ2) is 8.35. The van der Waals surface area contributed by atoms with E-state index in [0.29, 0.717) is 0 Å². The number of aromatic nitrogens is 1. The minimum absolute atomic E-state index is 0.0182. The molecule has 0 amide bonds. The molecule has 0 saturated carbocycles. The summed E-state index contributed by atoms with van der Waals surface area (Å²) in [5.41, 5.74) is 1.14. The van der Waals surface area contributed by atoms with Crippen LogP contribution in [-0.2, 0) is 29.7 Å². The van der Waals surface area contributed by atoms with E-state index in [1.54, 1.807) is 12.1 Å². The first-order valence-corrected chi connectivity index (χ1v) is 13.9. The van der Waals surface area contributed by atoms with Crippen LogP contribution < -0.4 is 4.72 Å². The van der Waals surface area contributed by atoms with Crippen molar-refractivity contribution < 1.29 is 30.4 Å². The van der Waals surface area contributed by atoms with Crippen molar-refractivity contribution in [2.45, 2.75) is 28.4 Å². The number of aliphatic hydroxyl groups is 1. The predicted molar refractivity (Wildman–Crippen MR) is 111 cm³/mol. The predicted octanol–water partition coefficient (Wildman–Crippen LogP) is -0.0177. The summed E-state index contributed by atoms with van der Waals surface area (Å²) >= 11 is 0. The third kappa shape index (κ3) is 4.89. The summed E-state index contributed by atoms with van der Waals surface area (Å²) in [6.07, 6.45) is 1.22. The number of aliphatic hydroxyl groups excluding tert-OH is 1. The van der Waals surface area contributed by atoms with E-state index in [4.69, 9.17) is 0 Å². The van der Waals surface area contributed by atoms with Gasteiger partial charge in [0.25, 0.3) is 0 Å². The molecule has 3 rings (SSSR count). The summed E-state index contributed by atoms with van der Waals surface area (Å²) in [6.45, 7) is 1.28. The maximum Gasteiger partial charge on any atom is 0.218 e. The van der Waals surface area contributed by atoms with E-state index in [1.807, 2.05) is 6.92 Å². The van der Waals surface area contributed by atoms with Crippen LogP contribution in [0, 0.1) is 6.92 Å². The van der Waals surface area contributed by atoms with E-state index in [0.717, 1.165) is 5.56 Å². The highest BCUT2D eigenvalue weighted by Gasteiger charge is 2.45. The first-order chi connectivity index (χ1) is 13.9. The number of nitrogens with one attached hydrogen (secondary N) is 1. The normalized spacial score (nSPS) is 22.6. The molecule has 0 bridgehead atoms. The van der Waals surface area contributed by atoms with Gasteiger partial charge < -0.3 is 5.11 Å². The molecule has 0 aliphatic carbocycles. The average molecular weight is 475 g/mol. The van der Waals surface area contributed by atoms with E-state index in [1.165, 1.54) is 36.7 Å². The molecule has 0 radical (unpaired) electrons. The fraction of sp³-hybridized carbons (Fsp3) is 0.389. The van der Waals surface area contributed by atoms with Crippen molar-refractivity contribution in [1.29, 1.82) is 0 Å². The molecular weight excluding hydrogens is 452 g/mol. The van der Waals surface area contributed by atoms with Crippen molar-refractivity contribution in [3.8, 4) is 0 Å². The van der Waals surface area contributed by atoms with Crippen LogP contribution in [0.5, 0.6) is 0 Å². The van der Waals surface area contributed by atoms with Gasteiger partial charge in [-0.3, -0.25) is 4.98 Å². The van der Waals surface area contributed by atoms with E-state index < -0.39 is 64.4 Å². The van der Waals surface area contributed by atoms with Crippen LogP contribution in [0.25, 0.3) is 0 Å². The van der Waals surface area contributed by atoms with Gasteiger partial charge in [0.2, 0.25) is 10.0 Å². The molecule has 2 N–H and O–H groups in total. The lowest BCUT2D eigenvalue weighted by atomic mass is 10.2. The van der Waals surface area contributed by atoms with E-state index in [-0.39, 0.29) is 10.5 Å². The number of nitrogens with zero attached hydrogens (tertiary/aromatic N) is 1. The lowest BCUT2D eigenvalue weighted by molar-refractivity contribution is 0.203. The first-order valence-electron chi connectivity index (χ1n) is 9.00. The molecule has 9 nitrogen and oxygen atoms in total. The summed E-state index contributed by atoms with van der Waals surface area (Å²) in [4.78, 5) is 3.94. The SMILES string of the molecule is Cc1ccc(S(=O)(=O)C(CNS(=O)(=O)C2CS(=O)(=O)CC2O)c2cccnc2)cc1. The van der Waals surface area contributed by atoms with Gasteiger partial charge in [-0.1, -0.05) is 23.8 Å². The summed E-state index contributed by atoms with van der Waals surface area (Å²) in [5.74, 6) is -1.36. The molecule has 3 unspecified atom stereocenters. The molecule has 164 valence electrons. The quantitative estimate of drug-likeness (QED) is 0.569. The molecule has 30 heavy (non-hydrogen) atoms. The fourth-order valence-electron chi connectivity index (χ4n) is 3.26. The Labute approximate surface area is 176 Å². The molecule has 1 aromatic carbocycles. The zero-order valence-corrected chi connectivity index (χ0v) is 18.5. The van der Waals surface area contributed by atoms with Crippen LogP contribution in [0.15, 0.2) is 53.7 Å². The summed E-state index contributed by atoms with van der Waals surface area (Å²) in [6, 6.07) is 9.21. The number of sulfone groups is 2. The first kappa shape index (κ1) is 22.8. The summed E-state index contributed by atoms with van der Waals surface area (Å²) < 4.78 is 77.3. The van der Waals surface area contributed by atoms with Crippen LogP contribution in [0.2, 0.25) is 0 Å². The Morgan fingerprint density at radius 1 is 1.13 bits per heavy atom. The molecule has 2 aromatic rings. The second-order valence-electron chi connectivity index (χ2n) is 7.21. The third-order valence-electron chi connectivity index (χ3n) is 4.92. The Balaban J connectivity index is 1.92. The van der Waals surface area contributed by atoms with Crippen LogP contribution in [0.1, 0.15) is 16.4 Å². The van der Waals surface area contributed by atoms with Gasteiger partial charge in [-0.25, -0.2) is 30.0 Å². The standard InChI is InChI=1S/C18H22N2O7S3/c1-13-4-6-15(7-5-13)29(24,25)17(14-3-2-8-19-9-14)10-20-30(26,27)18-12-28(22,23)11-16(18)21/h2-9,16-18,20-21H,10-12H2,1H3. The van der Waals surface area contributed by atoms with Gasteiger partial charge in [-0.15, -0.1) is 0 Å².